The summed E-state index contributed by atoms with van der Waals surface area (Å²) in [5.41, 5.74) is 2.99. The number of thioether (sulfide) groups is 1. The molecule has 1 unspecified atom stereocenters. The van der Waals surface area contributed by atoms with E-state index in [4.69, 9.17) is 4.42 Å². The Morgan fingerprint density at radius 2 is 2.09 bits per heavy atom. The maximum atomic E-state index is 5.31. The quantitative estimate of drug-likeness (QED) is 0.744. The number of nitrogens with one attached hydrogen (secondary N) is 1. The molecule has 3 aromatic rings. The van der Waals surface area contributed by atoms with Crippen molar-refractivity contribution in [2.24, 2.45) is 0 Å². The molecule has 1 atom stereocenters. The van der Waals surface area contributed by atoms with E-state index in [1.807, 2.05) is 23.9 Å². The first-order valence-corrected chi connectivity index (χ1v) is 9.39. The molecule has 0 saturated heterocycles. The van der Waals surface area contributed by atoms with Gasteiger partial charge in [-0.2, -0.15) is 0 Å². The summed E-state index contributed by atoms with van der Waals surface area (Å²) in [5.74, 6) is 0.901. The Kier molecular flexibility index (Phi) is 4.35. The summed E-state index contributed by atoms with van der Waals surface area (Å²) in [6.07, 6.45) is 5.17. The molecule has 23 heavy (non-hydrogen) atoms. The van der Waals surface area contributed by atoms with Crippen molar-refractivity contribution in [1.82, 2.24) is 10.2 Å². The van der Waals surface area contributed by atoms with E-state index in [1.54, 1.807) is 17.6 Å². The number of benzene rings is 1. The fraction of sp³-hybridized carbons (Fsp3) is 0.294. The summed E-state index contributed by atoms with van der Waals surface area (Å²) in [5, 5.41) is 13.2. The Hall–Kier alpha value is -1.79. The Bertz CT molecular complexity index is 770. The fourth-order valence-corrected chi connectivity index (χ4v) is 4.99. The second-order valence-electron chi connectivity index (χ2n) is 5.56. The van der Waals surface area contributed by atoms with Crippen LogP contribution in [0.3, 0.4) is 0 Å². The molecule has 6 heteroatoms. The van der Waals surface area contributed by atoms with Gasteiger partial charge < -0.3 is 9.73 Å². The van der Waals surface area contributed by atoms with Crippen molar-refractivity contribution < 1.29 is 4.42 Å². The van der Waals surface area contributed by atoms with Gasteiger partial charge >= 0.3 is 0 Å². The molecule has 0 saturated carbocycles. The molecule has 1 aliphatic carbocycles. The predicted octanol–water partition coefficient (Wildman–Crippen LogP) is 4.39. The summed E-state index contributed by atoms with van der Waals surface area (Å²) in [6, 6.07) is 12.6. The number of aryl methyl sites for hydroxylation is 1. The number of anilines is 1. The number of fused-ring (bicyclic) bond motifs is 1. The largest absolute Gasteiger partial charge is 0.467 e. The SMILES string of the molecule is c1coc(CNc2nnc(SC3CCc4ccccc4C3)s2)c1. The smallest absolute Gasteiger partial charge is 0.206 e. The summed E-state index contributed by atoms with van der Waals surface area (Å²) >= 11 is 3.47. The number of hydrogen-bond acceptors (Lipinski definition) is 6. The molecule has 4 rings (SSSR count). The maximum Gasteiger partial charge on any atom is 0.206 e. The van der Waals surface area contributed by atoms with Crippen LogP contribution in [0.15, 0.2) is 51.4 Å². The van der Waals surface area contributed by atoms with Gasteiger partial charge in [0, 0.05) is 5.25 Å². The van der Waals surface area contributed by atoms with Gasteiger partial charge in [-0.15, -0.1) is 10.2 Å². The molecule has 1 aliphatic rings. The summed E-state index contributed by atoms with van der Waals surface area (Å²) < 4.78 is 6.34. The minimum atomic E-state index is 0.593. The van der Waals surface area contributed by atoms with E-state index in [9.17, 15) is 0 Å². The Labute approximate surface area is 143 Å². The fourth-order valence-electron chi connectivity index (χ4n) is 2.81. The van der Waals surface area contributed by atoms with Gasteiger partial charge in [0.15, 0.2) is 4.34 Å². The van der Waals surface area contributed by atoms with E-state index in [0.717, 1.165) is 28.1 Å². The van der Waals surface area contributed by atoms with Crippen LogP contribution < -0.4 is 5.32 Å². The molecule has 0 fully saturated rings. The van der Waals surface area contributed by atoms with Gasteiger partial charge in [-0.3, -0.25) is 0 Å². The van der Waals surface area contributed by atoms with Crippen LogP contribution in [-0.4, -0.2) is 15.4 Å². The first-order chi connectivity index (χ1) is 11.4. The van der Waals surface area contributed by atoms with Crippen molar-refractivity contribution in [3.8, 4) is 0 Å². The molecule has 0 radical (unpaired) electrons. The molecule has 0 bridgehead atoms. The predicted molar refractivity (Wildman–Crippen MR) is 94.1 cm³/mol. The van der Waals surface area contributed by atoms with Crippen molar-refractivity contribution in [2.75, 3.05) is 5.32 Å². The average molecular weight is 343 g/mol. The van der Waals surface area contributed by atoms with Crippen LogP contribution in [-0.2, 0) is 19.4 Å². The first-order valence-electron chi connectivity index (χ1n) is 7.70. The minimum absolute atomic E-state index is 0.593. The van der Waals surface area contributed by atoms with E-state index >= 15 is 0 Å². The number of rotatable bonds is 5. The van der Waals surface area contributed by atoms with Crippen molar-refractivity contribution in [3.05, 3.63) is 59.5 Å². The zero-order valence-electron chi connectivity index (χ0n) is 12.6. The van der Waals surface area contributed by atoms with Crippen LogP contribution >= 0.6 is 23.1 Å². The molecular weight excluding hydrogens is 326 g/mol. The molecule has 2 aromatic heterocycles. The lowest BCUT2D eigenvalue weighted by Crippen LogP contribution is -2.15. The van der Waals surface area contributed by atoms with Gasteiger partial charge in [0.05, 0.1) is 12.8 Å². The van der Waals surface area contributed by atoms with E-state index in [-0.39, 0.29) is 0 Å². The molecular formula is C17H17N3OS2. The monoisotopic (exact) mass is 343 g/mol. The number of furan rings is 1. The topological polar surface area (TPSA) is 51.0 Å². The van der Waals surface area contributed by atoms with E-state index in [0.29, 0.717) is 11.8 Å². The molecule has 0 aliphatic heterocycles. The van der Waals surface area contributed by atoms with Crippen LogP contribution in [0.1, 0.15) is 23.3 Å². The Morgan fingerprint density at radius 3 is 2.96 bits per heavy atom. The third-order valence-corrected chi connectivity index (χ3v) is 6.20. The zero-order valence-corrected chi connectivity index (χ0v) is 14.2. The summed E-state index contributed by atoms with van der Waals surface area (Å²) in [7, 11) is 0. The van der Waals surface area contributed by atoms with Crippen LogP contribution in [0, 0.1) is 0 Å². The van der Waals surface area contributed by atoms with Crippen LogP contribution in [0.2, 0.25) is 0 Å². The number of nitrogens with zero attached hydrogens (tertiary/aromatic N) is 2. The van der Waals surface area contributed by atoms with Crippen molar-refractivity contribution >= 4 is 28.2 Å². The minimum Gasteiger partial charge on any atom is -0.467 e. The van der Waals surface area contributed by atoms with Gasteiger partial charge in [0.2, 0.25) is 5.13 Å². The molecule has 4 nitrogen and oxygen atoms in total. The molecule has 1 N–H and O–H groups in total. The second-order valence-corrected chi connectivity index (χ2v) is 8.08. The first kappa shape index (κ1) is 14.8. The van der Waals surface area contributed by atoms with Gasteiger partial charge in [-0.05, 0) is 42.5 Å². The van der Waals surface area contributed by atoms with Crippen molar-refractivity contribution in [1.29, 1.82) is 0 Å². The highest BCUT2D eigenvalue weighted by Gasteiger charge is 2.20. The molecule has 1 aromatic carbocycles. The molecule has 118 valence electrons. The van der Waals surface area contributed by atoms with Gasteiger partial charge in [0.1, 0.15) is 5.76 Å². The molecule has 2 heterocycles. The van der Waals surface area contributed by atoms with Crippen LogP contribution in [0.25, 0.3) is 0 Å². The highest BCUT2D eigenvalue weighted by Crippen LogP contribution is 2.35. The van der Waals surface area contributed by atoms with Gasteiger partial charge in [-0.25, -0.2) is 0 Å². The lowest BCUT2D eigenvalue weighted by atomic mass is 9.92. The highest BCUT2D eigenvalue weighted by molar-refractivity contribution is 8.01. The number of aromatic nitrogens is 2. The summed E-state index contributed by atoms with van der Waals surface area (Å²) in [6.45, 7) is 0.642. The molecule has 0 amide bonds. The van der Waals surface area contributed by atoms with E-state index in [1.165, 1.54) is 17.5 Å². The van der Waals surface area contributed by atoms with Crippen LogP contribution in [0.4, 0.5) is 5.13 Å². The summed E-state index contributed by atoms with van der Waals surface area (Å²) in [4.78, 5) is 0. The molecule has 0 spiro atoms. The maximum absolute atomic E-state index is 5.31. The highest BCUT2D eigenvalue weighted by atomic mass is 32.2. The number of hydrogen-bond donors (Lipinski definition) is 1. The third-order valence-electron chi connectivity index (χ3n) is 3.97. The van der Waals surface area contributed by atoms with Gasteiger partial charge in [0.25, 0.3) is 0 Å². The second kappa shape index (κ2) is 6.76. The van der Waals surface area contributed by atoms with Crippen LogP contribution in [0.5, 0.6) is 0 Å². The standard InChI is InChI=1S/C17H17N3OS2/c1-2-5-13-10-15(8-7-12(13)4-1)22-17-20-19-16(23-17)18-11-14-6-3-9-21-14/h1-6,9,15H,7-8,10-11H2,(H,18,19). The average Bonchev–Trinajstić information content (AvgIpc) is 3.24. The Morgan fingerprint density at radius 1 is 1.17 bits per heavy atom. The zero-order chi connectivity index (χ0) is 15.5. The lowest BCUT2D eigenvalue weighted by molar-refractivity contribution is 0.518. The van der Waals surface area contributed by atoms with E-state index in [2.05, 4.69) is 39.8 Å². The Balaban J connectivity index is 1.35. The van der Waals surface area contributed by atoms with Crippen molar-refractivity contribution in [3.63, 3.8) is 0 Å². The van der Waals surface area contributed by atoms with E-state index < -0.39 is 0 Å². The lowest BCUT2D eigenvalue weighted by Gasteiger charge is -2.22. The third kappa shape index (κ3) is 3.59. The van der Waals surface area contributed by atoms with Crippen molar-refractivity contribution in [2.45, 2.75) is 35.4 Å². The van der Waals surface area contributed by atoms with Gasteiger partial charge in [-0.1, -0.05) is 47.4 Å². The normalized spacial score (nSPS) is 17.0.